The predicted octanol–water partition coefficient (Wildman–Crippen LogP) is 1.08. The summed E-state index contributed by atoms with van der Waals surface area (Å²) >= 11 is 0. The average Bonchev–Trinajstić information content (AvgIpc) is 2.10. The summed E-state index contributed by atoms with van der Waals surface area (Å²) in [5, 5.41) is 0. The van der Waals surface area contributed by atoms with Crippen LogP contribution < -0.4 is 5.73 Å². The summed E-state index contributed by atoms with van der Waals surface area (Å²) in [6.45, 7) is 7.47. The Kier molecular flexibility index (Phi) is 4.85. The summed E-state index contributed by atoms with van der Waals surface area (Å²) in [7, 11) is 1.71. The highest BCUT2D eigenvalue weighted by molar-refractivity contribution is 4.79. The monoisotopic (exact) mass is 200 g/mol. The number of nitrogens with two attached hydrogens (primary N) is 1. The van der Waals surface area contributed by atoms with Gasteiger partial charge in [0, 0.05) is 25.7 Å². The van der Waals surface area contributed by atoms with E-state index >= 15 is 0 Å². The first kappa shape index (κ1) is 12.0. The van der Waals surface area contributed by atoms with Gasteiger partial charge in [-0.25, -0.2) is 0 Å². The molecule has 0 aliphatic carbocycles. The Balaban J connectivity index is 2.29. The van der Waals surface area contributed by atoms with E-state index in [0.29, 0.717) is 12.6 Å². The quantitative estimate of drug-likeness (QED) is 0.738. The summed E-state index contributed by atoms with van der Waals surface area (Å²) in [5.41, 5.74) is 5.95. The highest BCUT2D eigenvalue weighted by atomic mass is 16.5. The molecule has 1 saturated heterocycles. The minimum Gasteiger partial charge on any atom is -0.383 e. The highest BCUT2D eigenvalue weighted by Gasteiger charge is 2.23. The number of ether oxygens (including phenoxy) is 1. The van der Waals surface area contributed by atoms with Crippen molar-refractivity contribution in [2.24, 2.45) is 11.7 Å². The Labute approximate surface area is 87.6 Å². The van der Waals surface area contributed by atoms with Crippen LogP contribution in [0.3, 0.4) is 0 Å². The van der Waals surface area contributed by atoms with E-state index in [4.69, 9.17) is 10.5 Å². The second-order valence-electron chi connectivity index (χ2n) is 4.69. The van der Waals surface area contributed by atoms with Crippen LogP contribution in [0.25, 0.3) is 0 Å². The summed E-state index contributed by atoms with van der Waals surface area (Å²) < 4.78 is 5.05. The van der Waals surface area contributed by atoms with E-state index < -0.39 is 0 Å². The Hall–Kier alpha value is -0.120. The predicted molar refractivity (Wildman–Crippen MR) is 59.3 cm³/mol. The van der Waals surface area contributed by atoms with Gasteiger partial charge in [0.05, 0.1) is 6.61 Å². The second kappa shape index (κ2) is 5.69. The van der Waals surface area contributed by atoms with Crippen LogP contribution in [0.5, 0.6) is 0 Å². The highest BCUT2D eigenvalue weighted by Crippen LogP contribution is 2.21. The van der Waals surface area contributed by atoms with E-state index in [9.17, 15) is 0 Å². The molecule has 0 spiro atoms. The number of likely N-dealkylation sites (tertiary alicyclic amines) is 1. The Morgan fingerprint density at radius 2 is 2.21 bits per heavy atom. The number of nitrogens with zero attached hydrogens (tertiary/aromatic N) is 1. The van der Waals surface area contributed by atoms with Gasteiger partial charge in [-0.15, -0.1) is 0 Å². The van der Waals surface area contributed by atoms with Gasteiger partial charge in [-0.1, -0.05) is 6.92 Å². The van der Waals surface area contributed by atoms with Gasteiger partial charge in [-0.2, -0.15) is 0 Å². The van der Waals surface area contributed by atoms with Gasteiger partial charge in [-0.3, -0.25) is 4.90 Å². The summed E-state index contributed by atoms with van der Waals surface area (Å²) in [6.07, 6.45) is 2.61. The van der Waals surface area contributed by atoms with E-state index in [1.54, 1.807) is 7.11 Å². The average molecular weight is 200 g/mol. The van der Waals surface area contributed by atoms with E-state index in [0.717, 1.165) is 12.5 Å². The lowest BCUT2D eigenvalue weighted by Gasteiger charge is -2.37. The van der Waals surface area contributed by atoms with Crippen molar-refractivity contribution in [3.05, 3.63) is 0 Å². The van der Waals surface area contributed by atoms with Gasteiger partial charge < -0.3 is 10.5 Å². The van der Waals surface area contributed by atoms with Crippen molar-refractivity contribution in [3.8, 4) is 0 Å². The number of methoxy groups -OCH3 is 1. The molecular formula is C11H24N2O. The largest absolute Gasteiger partial charge is 0.383 e. The summed E-state index contributed by atoms with van der Waals surface area (Å²) in [4.78, 5) is 2.49. The first-order valence-electron chi connectivity index (χ1n) is 5.62. The van der Waals surface area contributed by atoms with Crippen molar-refractivity contribution in [3.63, 3.8) is 0 Å². The lowest BCUT2D eigenvalue weighted by Crippen LogP contribution is -2.47. The lowest BCUT2D eigenvalue weighted by molar-refractivity contribution is 0.0986. The zero-order valence-corrected chi connectivity index (χ0v) is 9.70. The number of piperidine rings is 1. The van der Waals surface area contributed by atoms with Crippen molar-refractivity contribution >= 4 is 0 Å². The molecule has 0 aromatic carbocycles. The molecular weight excluding hydrogens is 176 g/mol. The van der Waals surface area contributed by atoms with E-state index in [-0.39, 0.29) is 6.04 Å². The van der Waals surface area contributed by atoms with E-state index in [1.807, 2.05) is 0 Å². The van der Waals surface area contributed by atoms with Crippen molar-refractivity contribution in [2.45, 2.75) is 38.8 Å². The molecule has 1 heterocycles. The maximum Gasteiger partial charge on any atom is 0.0626 e. The fraction of sp³-hybridized carbons (Fsp3) is 1.00. The van der Waals surface area contributed by atoms with E-state index in [2.05, 4.69) is 18.7 Å². The molecule has 0 aromatic heterocycles. The molecule has 14 heavy (non-hydrogen) atoms. The molecule has 1 aliphatic heterocycles. The maximum absolute atomic E-state index is 5.95. The summed E-state index contributed by atoms with van der Waals surface area (Å²) in [6, 6.07) is 0.845. The third-order valence-corrected chi connectivity index (χ3v) is 3.13. The zero-order chi connectivity index (χ0) is 10.6. The first-order valence-corrected chi connectivity index (χ1v) is 5.62. The third-order valence-electron chi connectivity index (χ3n) is 3.13. The third kappa shape index (κ3) is 3.56. The van der Waals surface area contributed by atoms with Crippen LogP contribution in [0.1, 0.15) is 26.7 Å². The molecule has 0 amide bonds. The molecule has 2 N–H and O–H groups in total. The first-order chi connectivity index (χ1) is 6.63. The van der Waals surface area contributed by atoms with Crippen LogP contribution >= 0.6 is 0 Å². The molecule has 1 rings (SSSR count). The number of hydrogen-bond acceptors (Lipinski definition) is 3. The molecule has 3 unspecified atom stereocenters. The van der Waals surface area contributed by atoms with Crippen molar-refractivity contribution < 1.29 is 4.74 Å². The summed E-state index contributed by atoms with van der Waals surface area (Å²) in [5.74, 6) is 0.875. The van der Waals surface area contributed by atoms with Gasteiger partial charge >= 0.3 is 0 Å². The molecule has 3 nitrogen and oxygen atoms in total. The molecule has 0 radical (unpaired) electrons. The molecule has 1 fully saturated rings. The number of rotatable bonds is 4. The van der Waals surface area contributed by atoms with Gasteiger partial charge in [0.15, 0.2) is 0 Å². The van der Waals surface area contributed by atoms with Gasteiger partial charge in [0.1, 0.15) is 0 Å². The normalized spacial score (nSPS) is 31.7. The fourth-order valence-corrected chi connectivity index (χ4v) is 2.30. The van der Waals surface area contributed by atoms with Crippen LogP contribution in [0.15, 0.2) is 0 Å². The maximum atomic E-state index is 5.95. The minimum atomic E-state index is 0.163. The van der Waals surface area contributed by atoms with Crippen LogP contribution in [-0.4, -0.2) is 43.8 Å². The molecule has 84 valence electrons. The lowest BCUT2D eigenvalue weighted by atomic mass is 9.93. The second-order valence-corrected chi connectivity index (χ2v) is 4.69. The van der Waals surface area contributed by atoms with Gasteiger partial charge in [-0.05, 0) is 32.2 Å². The van der Waals surface area contributed by atoms with E-state index in [1.165, 1.54) is 19.4 Å². The van der Waals surface area contributed by atoms with Crippen LogP contribution in [0.2, 0.25) is 0 Å². The zero-order valence-electron chi connectivity index (χ0n) is 9.70. The van der Waals surface area contributed by atoms with Crippen LogP contribution in [-0.2, 0) is 4.74 Å². The van der Waals surface area contributed by atoms with Crippen molar-refractivity contribution in [1.29, 1.82) is 0 Å². The number of hydrogen-bond donors (Lipinski definition) is 1. The minimum absolute atomic E-state index is 0.163. The van der Waals surface area contributed by atoms with Gasteiger partial charge in [0.2, 0.25) is 0 Å². The SMILES string of the molecule is COCC(N)CN1CCC(C)CC1C. The Morgan fingerprint density at radius 3 is 2.79 bits per heavy atom. The molecule has 3 heteroatoms. The molecule has 3 atom stereocenters. The molecule has 0 bridgehead atoms. The smallest absolute Gasteiger partial charge is 0.0626 e. The molecule has 0 aromatic rings. The van der Waals surface area contributed by atoms with Crippen LogP contribution in [0.4, 0.5) is 0 Å². The topological polar surface area (TPSA) is 38.5 Å². The molecule has 1 aliphatic rings. The van der Waals surface area contributed by atoms with Crippen molar-refractivity contribution in [1.82, 2.24) is 4.90 Å². The van der Waals surface area contributed by atoms with Crippen molar-refractivity contribution in [2.75, 3.05) is 26.8 Å². The standard InChI is InChI=1S/C11H24N2O/c1-9-4-5-13(10(2)6-9)7-11(12)8-14-3/h9-11H,4-8,12H2,1-3H3. The fourth-order valence-electron chi connectivity index (χ4n) is 2.30. The van der Waals surface area contributed by atoms with Gasteiger partial charge in [0.25, 0.3) is 0 Å². The Bertz CT molecular complexity index is 163. The Morgan fingerprint density at radius 1 is 1.50 bits per heavy atom. The molecule has 0 saturated carbocycles. The van der Waals surface area contributed by atoms with Crippen LogP contribution in [0, 0.1) is 5.92 Å².